The summed E-state index contributed by atoms with van der Waals surface area (Å²) in [6, 6.07) is 7.82. The van der Waals surface area contributed by atoms with Crippen LogP contribution in [0.3, 0.4) is 0 Å². The molecule has 0 saturated carbocycles. The minimum Gasteiger partial charge on any atom is -0.493 e. The zero-order chi connectivity index (χ0) is 21.6. The second kappa shape index (κ2) is 13.6. The lowest BCUT2D eigenvalue weighted by molar-refractivity contribution is 0.146. The Morgan fingerprint density at radius 3 is 2.77 bits per heavy atom. The number of benzene rings is 1. The lowest BCUT2D eigenvalue weighted by Gasteiger charge is -2.14. The number of hydrogen-bond acceptors (Lipinski definition) is 6. The van der Waals surface area contributed by atoms with E-state index in [-0.39, 0.29) is 0 Å². The molecule has 166 valence electrons. The molecule has 2 rings (SSSR count). The summed E-state index contributed by atoms with van der Waals surface area (Å²) >= 11 is 0. The minimum atomic E-state index is 0.422. The Kier molecular flexibility index (Phi) is 10.7. The molecule has 0 amide bonds. The van der Waals surface area contributed by atoms with Crippen molar-refractivity contribution in [2.24, 2.45) is 12.0 Å². The van der Waals surface area contributed by atoms with E-state index >= 15 is 0 Å². The number of aryl methyl sites for hydroxylation is 1. The number of ether oxygens (including phenoxy) is 3. The average molecular weight is 419 g/mol. The molecule has 0 atom stereocenters. The third kappa shape index (κ3) is 8.38. The van der Waals surface area contributed by atoms with Gasteiger partial charge < -0.3 is 29.4 Å². The monoisotopic (exact) mass is 418 g/mol. The summed E-state index contributed by atoms with van der Waals surface area (Å²) in [7, 11) is 3.63. The van der Waals surface area contributed by atoms with Gasteiger partial charge in [0.2, 0.25) is 0 Å². The lowest BCUT2D eigenvalue weighted by Crippen LogP contribution is -2.32. The summed E-state index contributed by atoms with van der Waals surface area (Å²) in [4.78, 5) is 4.67. The van der Waals surface area contributed by atoms with Crippen molar-refractivity contribution in [3.05, 3.63) is 35.9 Å². The van der Waals surface area contributed by atoms with E-state index in [1.165, 1.54) is 0 Å². The molecule has 0 spiro atoms. The Bertz CT molecular complexity index is 778. The lowest BCUT2D eigenvalue weighted by atomic mass is 10.3. The molecule has 2 aromatic rings. The summed E-state index contributed by atoms with van der Waals surface area (Å²) in [6.45, 7) is 7.81. The SMILES string of the molecule is CCOCCCNC(=NCc1nnc(C)n1C)Nc1cccc(OCCCOC)c1. The van der Waals surface area contributed by atoms with Crippen LogP contribution in [-0.2, 0) is 23.1 Å². The molecule has 0 aliphatic heterocycles. The molecule has 0 bridgehead atoms. The van der Waals surface area contributed by atoms with Gasteiger partial charge in [0.15, 0.2) is 11.8 Å². The van der Waals surface area contributed by atoms with Crippen LogP contribution in [0.4, 0.5) is 5.69 Å². The highest BCUT2D eigenvalue weighted by Crippen LogP contribution is 2.17. The first-order valence-electron chi connectivity index (χ1n) is 10.3. The fourth-order valence-corrected chi connectivity index (χ4v) is 2.60. The van der Waals surface area contributed by atoms with Crippen LogP contribution in [0.1, 0.15) is 31.4 Å². The molecule has 9 nitrogen and oxygen atoms in total. The van der Waals surface area contributed by atoms with Crippen molar-refractivity contribution >= 4 is 11.6 Å². The highest BCUT2D eigenvalue weighted by atomic mass is 16.5. The van der Waals surface area contributed by atoms with Gasteiger partial charge in [-0.2, -0.15) is 0 Å². The molecule has 9 heteroatoms. The van der Waals surface area contributed by atoms with Crippen LogP contribution in [0, 0.1) is 6.92 Å². The summed E-state index contributed by atoms with van der Waals surface area (Å²) in [5, 5.41) is 15.0. The van der Waals surface area contributed by atoms with Crippen molar-refractivity contribution in [2.75, 3.05) is 45.4 Å². The van der Waals surface area contributed by atoms with Crippen LogP contribution in [0.5, 0.6) is 5.75 Å². The maximum atomic E-state index is 5.79. The third-order valence-electron chi connectivity index (χ3n) is 4.38. The zero-order valence-corrected chi connectivity index (χ0v) is 18.5. The van der Waals surface area contributed by atoms with Gasteiger partial charge in [-0.15, -0.1) is 10.2 Å². The molecule has 0 aliphatic carbocycles. The molecule has 30 heavy (non-hydrogen) atoms. The molecular formula is C21H34N6O3. The van der Waals surface area contributed by atoms with Gasteiger partial charge in [0.1, 0.15) is 18.1 Å². The van der Waals surface area contributed by atoms with Gasteiger partial charge in [-0.1, -0.05) is 6.07 Å². The Balaban J connectivity index is 2.00. The number of hydrogen-bond donors (Lipinski definition) is 2. The maximum absolute atomic E-state index is 5.79. The van der Waals surface area contributed by atoms with Gasteiger partial charge in [0.05, 0.1) is 6.61 Å². The molecule has 1 heterocycles. The molecular weight excluding hydrogens is 384 g/mol. The maximum Gasteiger partial charge on any atom is 0.196 e. The van der Waals surface area contributed by atoms with Crippen molar-refractivity contribution in [2.45, 2.75) is 33.2 Å². The molecule has 0 aliphatic rings. The van der Waals surface area contributed by atoms with Gasteiger partial charge in [-0.05, 0) is 32.4 Å². The van der Waals surface area contributed by atoms with Crippen LogP contribution in [0.25, 0.3) is 0 Å². The Labute approximate surface area is 178 Å². The highest BCUT2D eigenvalue weighted by Gasteiger charge is 2.06. The fraction of sp³-hybridized carbons (Fsp3) is 0.571. The molecule has 0 fully saturated rings. The van der Waals surface area contributed by atoms with E-state index in [2.05, 4.69) is 25.8 Å². The molecule has 1 aromatic heterocycles. The van der Waals surface area contributed by atoms with E-state index in [0.717, 1.165) is 49.1 Å². The summed E-state index contributed by atoms with van der Waals surface area (Å²) in [5.74, 6) is 3.13. The number of guanidine groups is 1. The first-order valence-corrected chi connectivity index (χ1v) is 10.3. The molecule has 0 radical (unpaired) electrons. The molecule has 1 aromatic carbocycles. The predicted octanol–water partition coefficient (Wildman–Crippen LogP) is 2.52. The minimum absolute atomic E-state index is 0.422. The van der Waals surface area contributed by atoms with Crippen molar-refractivity contribution < 1.29 is 14.2 Å². The van der Waals surface area contributed by atoms with Crippen LogP contribution in [0.15, 0.2) is 29.3 Å². The number of anilines is 1. The van der Waals surface area contributed by atoms with E-state index < -0.39 is 0 Å². The number of rotatable bonds is 13. The largest absolute Gasteiger partial charge is 0.493 e. The summed E-state index contributed by atoms with van der Waals surface area (Å²) < 4.78 is 18.2. The standard InChI is InChI=1S/C21H34N6O3/c1-5-29-13-7-11-22-21(23-16-20-26-25-17(2)27(20)3)24-18-9-6-10-19(15-18)30-14-8-12-28-4/h6,9-10,15H,5,7-8,11-14,16H2,1-4H3,(H2,22,23,24). The normalized spacial score (nSPS) is 11.5. The van der Waals surface area contributed by atoms with Gasteiger partial charge in [0, 0.05) is 58.7 Å². The molecule has 0 unspecified atom stereocenters. The van der Waals surface area contributed by atoms with E-state index in [0.29, 0.717) is 32.3 Å². The van der Waals surface area contributed by atoms with Crippen LogP contribution in [0.2, 0.25) is 0 Å². The number of aromatic nitrogens is 3. The Hall–Kier alpha value is -2.65. The van der Waals surface area contributed by atoms with Crippen molar-refractivity contribution in [1.29, 1.82) is 0 Å². The Morgan fingerprint density at radius 1 is 1.17 bits per heavy atom. The van der Waals surface area contributed by atoms with Crippen molar-refractivity contribution in [3.8, 4) is 5.75 Å². The quantitative estimate of drug-likeness (QED) is 0.293. The predicted molar refractivity (Wildman–Crippen MR) is 118 cm³/mol. The van der Waals surface area contributed by atoms with Crippen LogP contribution in [-0.4, -0.2) is 60.8 Å². The number of methoxy groups -OCH3 is 1. The fourth-order valence-electron chi connectivity index (χ4n) is 2.60. The highest BCUT2D eigenvalue weighted by molar-refractivity contribution is 5.93. The average Bonchev–Trinajstić information content (AvgIpc) is 3.07. The number of nitrogens with zero attached hydrogens (tertiary/aromatic N) is 4. The van der Waals surface area contributed by atoms with E-state index in [1.807, 2.05) is 49.7 Å². The van der Waals surface area contributed by atoms with Crippen molar-refractivity contribution in [1.82, 2.24) is 20.1 Å². The van der Waals surface area contributed by atoms with Gasteiger partial charge in [0.25, 0.3) is 0 Å². The second-order valence-electron chi connectivity index (χ2n) is 6.71. The van der Waals surface area contributed by atoms with Crippen LogP contribution < -0.4 is 15.4 Å². The zero-order valence-electron chi connectivity index (χ0n) is 18.5. The van der Waals surface area contributed by atoms with E-state index in [4.69, 9.17) is 14.2 Å². The second-order valence-corrected chi connectivity index (χ2v) is 6.71. The third-order valence-corrected chi connectivity index (χ3v) is 4.38. The topological polar surface area (TPSA) is 94.8 Å². The van der Waals surface area contributed by atoms with E-state index in [1.54, 1.807) is 7.11 Å². The first kappa shape index (κ1) is 23.6. The molecule has 0 saturated heterocycles. The smallest absolute Gasteiger partial charge is 0.196 e. The number of nitrogens with one attached hydrogen (secondary N) is 2. The summed E-state index contributed by atoms with van der Waals surface area (Å²) in [6.07, 6.45) is 1.74. The first-order chi connectivity index (χ1) is 14.6. The molecule has 2 N–H and O–H groups in total. The Morgan fingerprint density at radius 2 is 2.03 bits per heavy atom. The van der Waals surface area contributed by atoms with E-state index in [9.17, 15) is 0 Å². The van der Waals surface area contributed by atoms with Gasteiger partial charge in [-0.3, -0.25) is 0 Å². The number of aliphatic imine (C=N–C) groups is 1. The summed E-state index contributed by atoms with van der Waals surface area (Å²) in [5.41, 5.74) is 0.893. The van der Waals surface area contributed by atoms with Crippen molar-refractivity contribution in [3.63, 3.8) is 0 Å². The van der Waals surface area contributed by atoms with Gasteiger partial charge in [-0.25, -0.2) is 4.99 Å². The van der Waals surface area contributed by atoms with Gasteiger partial charge >= 0.3 is 0 Å². The van der Waals surface area contributed by atoms with Crippen LogP contribution >= 0.6 is 0 Å².